The molecule has 1 aromatic carbocycles. The summed E-state index contributed by atoms with van der Waals surface area (Å²) in [5.74, 6) is 0. The molecule has 2 nitrogen and oxygen atoms in total. The minimum atomic E-state index is -2.79. The van der Waals surface area contributed by atoms with E-state index in [-0.39, 0.29) is 6.10 Å². The lowest BCUT2D eigenvalue weighted by Gasteiger charge is -2.15. The second kappa shape index (κ2) is 7.98. The number of hydrogen-bond acceptors (Lipinski definition) is 3. The second-order valence-corrected chi connectivity index (χ2v) is 7.91. The summed E-state index contributed by atoms with van der Waals surface area (Å²) in [5.41, 5.74) is 1.13. The highest BCUT2D eigenvalue weighted by Crippen LogP contribution is 2.18. The van der Waals surface area contributed by atoms with Crippen molar-refractivity contribution in [2.75, 3.05) is 0 Å². The third kappa shape index (κ3) is 6.02. The molecular formula is C15H24O2S2. The molecule has 0 aliphatic carbocycles. The zero-order valence-electron chi connectivity index (χ0n) is 12.1. The minimum Gasteiger partial charge on any atom is -0.283 e. The molecule has 2 atom stereocenters. The Hall–Kier alpha value is -0.450. The molecule has 4 heteroatoms. The van der Waals surface area contributed by atoms with Crippen LogP contribution in [0.2, 0.25) is 0 Å². The van der Waals surface area contributed by atoms with Crippen LogP contribution < -0.4 is 0 Å². The lowest BCUT2D eigenvalue weighted by molar-refractivity contribution is 0.229. The number of hydrogen-bond donors (Lipinski definition) is 0. The lowest BCUT2D eigenvalue weighted by Crippen LogP contribution is -2.14. The van der Waals surface area contributed by atoms with Gasteiger partial charge in [0.25, 0.3) is 0 Å². The van der Waals surface area contributed by atoms with Crippen molar-refractivity contribution in [2.24, 2.45) is 0 Å². The molecule has 0 aliphatic heterocycles. The van der Waals surface area contributed by atoms with Crippen LogP contribution in [0.1, 0.15) is 51.5 Å². The van der Waals surface area contributed by atoms with E-state index in [0.29, 0.717) is 4.90 Å². The van der Waals surface area contributed by atoms with E-state index in [9.17, 15) is 4.21 Å². The first-order valence-electron chi connectivity index (χ1n) is 6.95. The number of aryl methyl sites for hydroxylation is 1. The van der Waals surface area contributed by atoms with Crippen LogP contribution in [0.5, 0.6) is 0 Å². The molecule has 0 aromatic heterocycles. The summed E-state index contributed by atoms with van der Waals surface area (Å²) in [6, 6.07) is 7.43. The van der Waals surface area contributed by atoms with E-state index in [4.69, 9.17) is 15.4 Å². The lowest BCUT2D eigenvalue weighted by atomic mass is 10.1. The van der Waals surface area contributed by atoms with Crippen molar-refractivity contribution in [3.8, 4) is 0 Å². The molecule has 0 heterocycles. The van der Waals surface area contributed by atoms with Crippen molar-refractivity contribution in [3.05, 3.63) is 29.8 Å². The smallest absolute Gasteiger partial charge is 0.173 e. The van der Waals surface area contributed by atoms with E-state index in [2.05, 4.69) is 6.92 Å². The third-order valence-corrected chi connectivity index (χ3v) is 5.31. The summed E-state index contributed by atoms with van der Waals surface area (Å²) in [4.78, 5) is 0.605. The van der Waals surface area contributed by atoms with Gasteiger partial charge in [0.05, 0.1) is 11.0 Å². The first kappa shape index (κ1) is 16.6. The molecule has 0 N–H and O–H groups in total. The van der Waals surface area contributed by atoms with Gasteiger partial charge in [-0.3, -0.25) is 4.18 Å². The van der Waals surface area contributed by atoms with E-state index < -0.39 is 8.77 Å². The molecule has 0 saturated heterocycles. The quantitative estimate of drug-likeness (QED) is 0.666. The maximum Gasteiger partial charge on any atom is 0.173 e. The van der Waals surface area contributed by atoms with Gasteiger partial charge in [-0.1, -0.05) is 50.3 Å². The van der Waals surface area contributed by atoms with Gasteiger partial charge in [-0.25, -0.2) is 4.21 Å². The van der Waals surface area contributed by atoms with Crippen LogP contribution in [-0.2, 0) is 24.1 Å². The Kier molecular flexibility index (Phi) is 6.97. The first-order valence-corrected chi connectivity index (χ1v) is 9.36. The van der Waals surface area contributed by atoms with Crippen molar-refractivity contribution in [1.82, 2.24) is 0 Å². The Morgan fingerprint density at radius 2 is 1.84 bits per heavy atom. The molecule has 0 saturated carbocycles. The van der Waals surface area contributed by atoms with E-state index >= 15 is 0 Å². The Morgan fingerprint density at radius 1 is 1.21 bits per heavy atom. The van der Waals surface area contributed by atoms with Gasteiger partial charge < -0.3 is 0 Å². The molecule has 0 fully saturated rings. The molecule has 0 bridgehead atoms. The van der Waals surface area contributed by atoms with Crippen molar-refractivity contribution in [2.45, 2.75) is 63.9 Å². The number of benzene rings is 1. The number of unbranched alkanes of at least 4 members (excludes halogenated alkanes) is 3. The van der Waals surface area contributed by atoms with Gasteiger partial charge in [0.1, 0.15) is 0 Å². The van der Waals surface area contributed by atoms with Crippen LogP contribution in [0.25, 0.3) is 0 Å². The molecule has 1 rings (SSSR count). The van der Waals surface area contributed by atoms with Gasteiger partial charge in [-0.15, -0.1) is 0 Å². The molecule has 108 valence electrons. The summed E-state index contributed by atoms with van der Waals surface area (Å²) in [6.45, 7) is 6.13. The predicted octanol–water partition coefficient (Wildman–Crippen LogP) is 4.39. The summed E-state index contributed by atoms with van der Waals surface area (Å²) in [7, 11) is -2.79. The summed E-state index contributed by atoms with van der Waals surface area (Å²) < 4.78 is 18.0. The zero-order valence-corrected chi connectivity index (χ0v) is 13.7. The average molecular weight is 300 g/mol. The average Bonchev–Trinajstić information content (AvgIpc) is 2.34. The van der Waals surface area contributed by atoms with Gasteiger partial charge in [-0.2, -0.15) is 0 Å². The van der Waals surface area contributed by atoms with Gasteiger partial charge in [0.2, 0.25) is 0 Å². The van der Waals surface area contributed by atoms with Crippen LogP contribution >= 0.6 is 0 Å². The third-order valence-electron chi connectivity index (χ3n) is 3.06. The van der Waals surface area contributed by atoms with Crippen molar-refractivity contribution < 1.29 is 8.39 Å². The van der Waals surface area contributed by atoms with Crippen LogP contribution in [0, 0.1) is 6.92 Å². The van der Waals surface area contributed by atoms with Crippen molar-refractivity contribution in [1.29, 1.82) is 0 Å². The molecular weight excluding hydrogens is 276 g/mol. The Balaban J connectivity index is 2.52. The highest BCUT2D eigenvalue weighted by Gasteiger charge is 2.14. The van der Waals surface area contributed by atoms with Gasteiger partial charge >= 0.3 is 0 Å². The highest BCUT2D eigenvalue weighted by atomic mass is 32.8. The predicted molar refractivity (Wildman–Crippen MR) is 84.3 cm³/mol. The fourth-order valence-corrected chi connectivity index (χ4v) is 3.73. The van der Waals surface area contributed by atoms with E-state index in [1.54, 1.807) is 12.1 Å². The van der Waals surface area contributed by atoms with Crippen molar-refractivity contribution >= 4 is 20.0 Å². The molecule has 2 unspecified atom stereocenters. The maximum absolute atomic E-state index is 12.4. The van der Waals surface area contributed by atoms with E-state index in [1.165, 1.54) is 19.3 Å². The molecule has 0 aliphatic rings. The van der Waals surface area contributed by atoms with E-state index in [1.807, 2.05) is 26.0 Å². The normalized spacial score (nSPS) is 15.9. The molecule has 0 radical (unpaired) electrons. The SMILES string of the molecule is CCCCCCC(C)OS(=O)(=S)c1ccc(C)cc1. The summed E-state index contributed by atoms with van der Waals surface area (Å²) in [5, 5.41) is 0. The van der Waals surface area contributed by atoms with Gasteiger partial charge in [0, 0.05) is 11.2 Å². The largest absolute Gasteiger partial charge is 0.283 e. The Bertz CT molecular complexity index is 463. The van der Waals surface area contributed by atoms with Crippen LogP contribution in [0.15, 0.2) is 29.2 Å². The zero-order chi connectivity index (χ0) is 14.3. The van der Waals surface area contributed by atoms with Crippen molar-refractivity contribution in [3.63, 3.8) is 0 Å². The summed E-state index contributed by atoms with van der Waals surface area (Å²) in [6.07, 6.45) is 5.63. The fraction of sp³-hybridized carbons (Fsp3) is 0.600. The van der Waals surface area contributed by atoms with Crippen LogP contribution in [0.4, 0.5) is 0 Å². The highest BCUT2D eigenvalue weighted by molar-refractivity contribution is 8.30. The topological polar surface area (TPSA) is 26.3 Å². The molecule has 1 aromatic rings. The fourth-order valence-electron chi connectivity index (χ4n) is 1.88. The van der Waals surface area contributed by atoms with Gasteiger partial charge in [0.15, 0.2) is 8.77 Å². The monoisotopic (exact) mass is 300 g/mol. The Morgan fingerprint density at radius 3 is 2.42 bits per heavy atom. The first-order chi connectivity index (χ1) is 8.95. The number of rotatable bonds is 8. The molecule has 19 heavy (non-hydrogen) atoms. The summed E-state index contributed by atoms with van der Waals surface area (Å²) >= 11 is 5.14. The standard InChI is InChI=1S/C15H24O2S2/c1-4-5-6-7-8-14(3)17-19(16,18)15-11-9-13(2)10-12-15/h9-12,14H,4-8H2,1-3H3. The maximum atomic E-state index is 12.4. The van der Waals surface area contributed by atoms with Crippen LogP contribution in [-0.4, -0.2) is 10.3 Å². The van der Waals surface area contributed by atoms with E-state index in [0.717, 1.165) is 18.4 Å². The molecule has 0 spiro atoms. The van der Waals surface area contributed by atoms with Crippen LogP contribution in [0.3, 0.4) is 0 Å². The molecule has 0 amide bonds. The minimum absolute atomic E-state index is 0.0526. The Labute approximate surface area is 122 Å². The van der Waals surface area contributed by atoms with Gasteiger partial charge in [-0.05, 0) is 32.4 Å². The second-order valence-electron chi connectivity index (χ2n) is 5.02.